The van der Waals surface area contributed by atoms with Crippen LogP contribution < -0.4 is 10.1 Å². The van der Waals surface area contributed by atoms with Crippen molar-refractivity contribution in [2.45, 2.75) is 12.8 Å². The van der Waals surface area contributed by atoms with Gasteiger partial charge in [-0.15, -0.1) is 0 Å². The fraction of sp³-hybridized carbons (Fsp3) is 0.273. The van der Waals surface area contributed by atoms with Gasteiger partial charge in [0.15, 0.2) is 0 Å². The second-order valence-electron chi connectivity index (χ2n) is 2.88. The quantitative estimate of drug-likeness (QED) is 0.794. The van der Waals surface area contributed by atoms with E-state index in [1.54, 1.807) is 31.4 Å². The van der Waals surface area contributed by atoms with Crippen LogP contribution in [0.15, 0.2) is 24.3 Å². The summed E-state index contributed by atoms with van der Waals surface area (Å²) in [7, 11) is 1.61. The van der Waals surface area contributed by atoms with E-state index < -0.39 is 0 Å². The fourth-order valence-corrected chi connectivity index (χ4v) is 1.06. The average molecular weight is 192 g/mol. The molecule has 1 aromatic rings. The Kier molecular flexibility index (Phi) is 3.98. The number of benzene rings is 1. The van der Waals surface area contributed by atoms with E-state index in [0.717, 1.165) is 11.4 Å². The lowest BCUT2D eigenvalue weighted by Crippen LogP contribution is -2.10. The number of anilines is 1. The van der Waals surface area contributed by atoms with Crippen molar-refractivity contribution in [3.05, 3.63) is 31.2 Å². The molecule has 3 heteroatoms. The van der Waals surface area contributed by atoms with Gasteiger partial charge in [-0.1, -0.05) is 6.92 Å². The van der Waals surface area contributed by atoms with Gasteiger partial charge in [0.25, 0.3) is 0 Å². The van der Waals surface area contributed by atoms with Crippen molar-refractivity contribution < 1.29 is 9.53 Å². The van der Waals surface area contributed by atoms with Crippen molar-refractivity contribution in [2.24, 2.45) is 0 Å². The molecule has 0 spiro atoms. The zero-order valence-electron chi connectivity index (χ0n) is 8.25. The molecular weight excluding hydrogens is 178 g/mol. The standard InChI is InChI=1S/C11H14NO2/c1-3-4-11(13)12-9-5-7-10(14-2)8-6-9/h5-8H,1,3-4H2,2H3,(H,12,13). The Labute approximate surface area is 84.1 Å². The van der Waals surface area contributed by atoms with Crippen LogP contribution in [-0.2, 0) is 4.79 Å². The Morgan fingerprint density at radius 2 is 2.07 bits per heavy atom. The largest absolute Gasteiger partial charge is 0.497 e. The molecule has 1 radical (unpaired) electrons. The van der Waals surface area contributed by atoms with Crippen molar-refractivity contribution in [3.8, 4) is 5.75 Å². The van der Waals surface area contributed by atoms with Crippen LogP contribution >= 0.6 is 0 Å². The molecule has 0 heterocycles. The molecular formula is C11H14NO2. The predicted molar refractivity (Wildman–Crippen MR) is 56.2 cm³/mol. The molecule has 0 aliphatic heterocycles. The Bertz CT molecular complexity index is 293. The lowest BCUT2D eigenvalue weighted by molar-refractivity contribution is -0.116. The number of methoxy groups -OCH3 is 1. The summed E-state index contributed by atoms with van der Waals surface area (Å²) < 4.78 is 5.00. The smallest absolute Gasteiger partial charge is 0.224 e. The molecule has 0 aliphatic carbocycles. The first-order valence-electron chi connectivity index (χ1n) is 4.49. The van der Waals surface area contributed by atoms with Crippen LogP contribution in [0.4, 0.5) is 5.69 Å². The van der Waals surface area contributed by atoms with Crippen LogP contribution in [-0.4, -0.2) is 13.0 Å². The number of carbonyl (C=O) groups is 1. The van der Waals surface area contributed by atoms with Gasteiger partial charge in [0.2, 0.25) is 5.91 Å². The van der Waals surface area contributed by atoms with Gasteiger partial charge in [-0.2, -0.15) is 0 Å². The Morgan fingerprint density at radius 1 is 1.43 bits per heavy atom. The first-order valence-corrected chi connectivity index (χ1v) is 4.49. The van der Waals surface area contributed by atoms with Crippen LogP contribution in [0.2, 0.25) is 0 Å². The van der Waals surface area contributed by atoms with E-state index in [4.69, 9.17) is 4.74 Å². The third-order valence-electron chi connectivity index (χ3n) is 1.78. The van der Waals surface area contributed by atoms with Gasteiger partial charge in [0.05, 0.1) is 7.11 Å². The van der Waals surface area contributed by atoms with Crippen LogP contribution in [0, 0.1) is 6.92 Å². The first-order chi connectivity index (χ1) is 6.76. The highest BCUT2D eigenvalue weighted by atomic mass is 16.5. The van der Waals surface area contributed by atoms with Gasteiger partial charge >= 0.3 is 0 Å². The lowest BCUT2D eigenvalue weighted by Gasteiger charge is -2.04. The third-order valence-corrected chi connectivity index (χ3v) is 1.78. The van der Waals surface area contributed by atoms with Crippen molar-refractivity contribution >= 4 is 11.6 Å². The first kappa shape index (κ1) is 10.6. The van der Waals surface area contributed by atoms with Gasteiger partial charge in [-0.05, 0) is 30.7 Å². The predicted octanol–water partition coefficient (Wildman–Crippen LogP) is 2.25. The van der Waals surface area contributed by atoms with Crippen molar-refractivity contribution in [1.29, 1.82) is 0 Å². The molecule has 0 fully saturated rings. The van der Waals surface area contributed by atoms with Gasteiger partial charge in [0.1, 0.15) is 5.75 Å². The van der Waals surface area contributed by atoms with Crippen molar-refractivity contribution in [3.63, 3.8) is 0 Å². The number of ether oxygens (including phenoxy) is 1. The Morgan fingerprint density at radius 3 is 2.57 bits per heavy atom. The summed E-state index contributed by atoms with van der Waals surface area (Å²) in [5.74, 6) is 0.769. The number of rotatable bonds is 4. The van der Waals surface area contributed by atoms with E-state index in [2.05, 4.69) is 12.2 Å². The van der Waals surface area contributed by atoms with Crippen molar-refractivity contribution in [1.82, 2.24) is 0 Å². The van der Waals surface area contributed by atoms with E-state index in [9.17, 15) is 4.79 Å². The highest BCUT2D eigenvalue weighted by molar-refractivity contribution is 5.90. The van der Waals surface area contributed by atoms with E-state index in [1.807, 2.05) is 0 Å². The van der Waals surface area contributed by atoms with Crippen LogP contribution in [0.3, 0.4) is 0 Å². The highest BCUT2D eigenvalue weighted by Crippen LogP contribution is 2.15. The summed E-state index contributed by atoms with van der Waals surface area (Å²) >= 11 is 0. The summed E-state index contributed by atoms with van der Waals surface area (Å²) in [5.41, 5.74) is 0.782. The van der Waals surface area contributed by atoms with Gasteiger partial charge < -0.3 is 10.1 Å². The molecule has 1 N–H and O–H groups in total. The molecule has 0 saturated heterocycles. The molecule has 0 saturated carbocycles. The topological polar surface area (TPSA) is 38.3 Å². The summed E-state index contributed by atoms with van der Waals surface area (Å²) in [4.78, 5) is 11.2. The second-order valence-corrected chi connectivity index (χ2v) is 2.88. The molecule has 3 nitrogen and oxygen atoms in total. The maximum Gasteiger partial charge on any atom is 0.224 e. The summed E-state index contributed by atoms with van der Waals surface area (Å²) in [6, 6.07) is 7.22. The van der Waals surface area contributed by atoms with E-state index in [1.165, 1.54) is 0 Å². The molecule has 1 aromatic carbocycles. The normalized spacial score (nSPS) is 9.57. The second kappa shape index (κ2) is 5.27. The SMILES string of the molecule is [CH2]CCC(=O)Nc1ccc(OC)cc1. The maximum atomic E-state index is 11.2. The Hall–Kier alpha value is -1.51. The van der Waals surface area contributed by atoms with Crippen LogP contribution in [0.5, 0.6) is 5.75 Å². The fourth-order valence-electron chi connectivity index (χ4n) is 1.06. The minimum Gasteiger partial charge on any atom is -0.497 e. The molecule has 75 valence electrons. The van der Waals surface area contributed by atoms with Crippen molar-refractivity contribution in [2.75, 3.05) is 12.4 Å². The number of nitrogens with one attached hydrogen (secondary N) is 1. The number of amides is 1. The van der Waals surface area contributed by atoms with Crippen LogP contribution in [0.1, 0.15) is 12.8 Å². The molecule has 0 unspecified atom stereocenters. The van der Waals surface area contributed by atoms with E-state index in [-0.39, 0.29) is 5.91 Å². The minimum absolute atomic E-state index is 0.00910. The van der Waals surface area contributed by atoms with Gasteiger partial charge in [0, 0.05) is 12.1 Å². The zero-order valence-corrected chi connectivity index (χ0v) is 8.25. The molecule has 14 heavy (non-hydrogen) atoms. The third kappa shape index (κ3) is 3.09. The zero-order chi connectivity index (χ0) is 10.4. The Balaban J connectivity index is 2.55. The molecule has 1 rings (SSSR count). The van der Waals surface area contributed by atoms with E-state index >= 15 is 0 Å². The van der Waals surface area contributed by atoms with E-state index in [0.29, 0.717) is 12.8 Å². The highest BCUT2D eigenvalue weighted by Gasteiger charge is 1.99. The van der Waals surface area contributed by atoms with Gasteiger partial charge in [-0.25, -0.2) is 0 Å². The molecule has 1 amide bonds. The summed E-state index contributed by atoms with van der Waals surface area (Å²) in [6.07, 6.45) is 1.06. The lowest BCUT2D eigenvalue weighted by atomic mass is 10.2. The monoisotopic (exact) mass is 192 g/mol. The molecule has 0 bridgehead atoms. The summed E-state index contributed by atoms with van der Waals surface area (Å²) in [5, 5.41) is 2.76. The number of hydrogen-bond donors (Lipinski definition) is 1. The number of carbonyl (C=O) groups excluding carboxylic acids is 1. The average Bonchev–Trinajstić information content (AvgIpc) is 2.19. The minimum atomic E-state index is -0.00910. The number of hydrogen-bond acceptors (Lipinski definition) is 2. The summed E-state index contributed by atoms with van der Waals surface area (Å²) in [6.45, 7) is 3.61. The van der Waals surface area contributed by atoms with Gasteiger partial charge in [-0.3, -0.25) is 4.79 Å². The molecule has 0 aliphatic rings. The molecule has 0 aromatic heterocycles. The maximum absolute atomic E-state index is 11.2. The molecule has 0 atom stereocenters. The van der Waals surface area contributed by atoms with Crippen LogP contribution in [0.25, 0.3) is 0 Å².